The standard InChI is InChI=1S/C12H17BrN2O2S.ClH/c1-9-7-11(4-5-12(9)13)18(16,17)15-10-3-2-6-14-8-10;/h4-5,7,10,14-15H,2-3,6,8H2,1H3;1H/t10-;/m1./s1. The fourth-order valence-electron chi connectivity index (χ4n) is 2.02. The van der Waals surface area contributed by atoms with E-state index in [9.17, 15) is 8.42 Å². The lowest BCUT2D eigenvalue weighted by Gasteiger charge is -2.23. The van der Waals surface area contributed by atoms with Crippen molar-refractivity contribution in [1.29, 1.82) is 0 Å². The van der Waals surface area contributed by atoms with Gasteiger partial charge in [-0.05, 0) is 50.1 Å². The first-order valence-electron chi connectivity index (χ1n) is 5.98. The summed E-state index contributed by atoms with van der Waals surface area (Å²) in [5, 5.41) is 3.19. The van der Waals surface area contributed by atoms with Crippen LogP contribution in [-0.2, 0) is 10.0 Å². The van der Waals surface area contributed by atoms with Crippen LogP contribution in [0, 0.1) is 6.92 Å². The average Bonchev–Trinajstić information content (AvgIpc) is 2.33. The van der Waals surface area contributed by atoms with Crippen LogP contribution >= 0.6 is 28.3 Å². The van der Waals surface area contributed by atoms with E-state index in [-0.39, 0.29) is 18.4 Å². The summed E-state index contributed by atoms with van der Waals surface area (Å²) in [6.45, 7) is 3.55. The molecule has 1 aromatic rings. The van der Waals surface area contributed by atoms with E-state index in [2.05, 4.69) is 26.0 Å². The first kappa shape index (κ1) is 16.9. The fourth-order valence-corrected chi connectivity index (χ4v) is 3.63. The summed E-state index contributed by atoms with van der Waals surface area (Å²) >= 11 is 3.37. The smallest absolute Gasteiger partial charge is 0.240 e. The molecule has 4 nitrogen and oxygen atoms in total. The Morgan fingerprint density at radius 1 is 1.42 bits per heavy atom. The van der Waals surface area contributed by atoms with E-state index >= 15 is 0 Å². The molecule has 7 heteroatoms. The number of nitrogens with one attached hydrogen (secondary N) is 2. The summed E-state index contributed by atoms with van der Waals surface area (Å²) in [5.74, 6) is 0. The van der Waals surface area contributed by atoms with Crippen molar-refractivity contribution in [2.45, 2.75) is 30.7 Å². The normalized spacial score (nSPS) is 19.8. The summed E-state index contributed by atoms with van der Waals surface area (Å²) in [6.07, 6.45) is 1.90. The highest BCUT2D eigenvalue weighted by atomic mass is 79.9. The minimum Gasteiger partial charge on any atom is -0.315 e. The number of benzene rings is 1. The van der Waals surface area contributed by atoms with Crippen LogP contribution in [0.2, 0.25) is 0 Å². The molecule has 19 heavy (non-hydrogen) atoms. The number of hydrogen-bond acceptors (Lipinski definition) is 3. The molecule has 0 aliphatic carbocycles. The number of halogens is 2. The molecule has 0 radical (unpaired) electrons. The third-order valence-corrected chi connectivity index (χ3v) is 5.47. The van der Waals surface area contributed by atoms with Crippen molar-refractivity contribution in [2.75, 3.05) is 13.1 Å². The molecule has 0 aromatic heterocycles. The predicted octanol–water partition coefficient (Wildman–Crippen LogP) is 2.21. The van der Waals surface area contributed by atoms with Gasteiger partial charge in [-0.3, -0.25) is 0 Å². The van der Waals surface area contributed by atoms with Crippen molar-refractivity contribution >= 4 is 38.4 Å². The van der Waals surface area contributed by atoms with E-state index in [1.807, 2.05) is 6.92 Å². The Hall–Kier alpha value is -0.140. The number of hydrogen-bond donors (Lipinski definition) is 2. The van der Waals surface area contributed by atoms with Gasteiger partial charge in [0, 0.05) is 17.1 Å². The summed E-state index contributed by atoms with van der Waals surface area (Å²) in [7, 11) is -3.41. The van der Waals surface area contributed by atoms with Gasteiger partial charge in [0.2, 0.25) is 10.0 Å². The number of sulfonamides is 1. The molecule has 1 aromatic carbocycles. The number of rotatable bonds is 3. The van der Waals surface area contributed by atoms with Gasteiger partial charge in [-0.15, -0.1) is 12.4 Å². The molecular weight excluding hydrogens is 352 g/mol. The first-order valence-corrected chi connectivity index (χ1v) is 8.26. The van der Waals surface area contributed by atoms with Gasteiger partial charge < -0.3 is 5.32 Å². The summed E-state index contributed by atoms with van der Waals surface area (Å²) in [5.41, 5.74) is 0.916. The molecular formula is C12H18BrClN2O2S. The highest BCUT2D eigenvalue weighted by molar-refractivity contribution is 9.10. The lowest BCUT2D eigenvalue weighted by molar-refractivity contribution is 0.428. The van der Waals surface area contributed by atoms with Crippen LogP contribution in [-0.4, -0.2) is 27.5 Å². The molecule has 0 amide bonds. The van der Waals surface area contributed by atoms with E-state index in [1.54, 1.807) is 18.2 Å². The maximum absolute atomic E-state index is 12.2. The van der Waals surface area contributed by atoms with Gasteiger partial charge in [-0.2, -0.15) is 0 Å². The molecule has 1 heterocycles. The van der Waals surface area contributed by atoms with Gasteiger partial charge in [0.25, 0.3) is 0 Å². The Kier molecular flexibility index (Phi) is 6.26. The Balaban J connectivity index is 0.00000180. The lowest BCUT2D eigenvalue weighted by Crippen LogP contribution is -2.45. The second-order valence-electron chi connectivity index (χ2n) is 4.58. The molecule has 2 N–H and O–H groups in total. The minimum atomic E-state index is -3.41. The van der Waals surface area contributed by atoms with E-state index in [0.717, 1.165) is 29.4 Å². The topological polar surface area (TPSA) is 58.2 Å². The molecule has 1 atom stereocenters. The molecule has 1 saturated heterocycles. The number of aryl methyl sites for hydroxylation is 1. The summed E-state index contributed by atoms with van der Waals surface area (Å²) in [6, 6.07) is 5.06. The van der Waals surface area contributed by atoms with Crippen LogP contribution in [0.4, 0.5) is 0 Å². The molecule has 1 aliphatic rings. The summed E-state index contributed by atoms with van der Waals surface area (Å²) in [4.78, 5) is 0.328. The molecule has 1 aliphatic heterocycles. The van der Waals surface area contributed by atoms with Crippen LogP contribution in [0.3, 0.4) is 0 Å². The van der Waals surface area contributed by atoms with E-state index in [1.165, 1.54) is 0 Å². The van der Waals surface area contributed by atoms with Crippen molar-refractivity contribution in [3.05, 3.63) is 28.2 Å². The second-order valence-corrected chi connectivity index (χ2v) is 7.14. The Bertz CT molecular complexity index is 531. The minimum absolute atomic E-state index is 0. The largest absolute Gasteiger partial charge is 0.315 e. The molecule has 0 spiro atoms. The predicted molar refractivity (Wildman–Crippen MR) is 82.3 cm³/mol. The van der Waals surface area contributed by atoms with Crippen molar-refractivity contribution in [3.8, 4) is 0 Å². The highest BCUT2D eigenvalue weighted by Crippen LogP contribution is 2.20. The van der Waals surface area contributed by atoms with Crippen LogP contribution in [0.25, 0.3) is 0 Å². The van der Waals surface area contributed by atoms with Crippen molar-refractivity contribution in [2.24, 2.45) is 0 Å². The van der Waals surface area contributed by atoms with Gasteiger partial charge in [0.15, 0.2) is 0 Å². The molecule has 1 fully saturated rings. The van der Waals surface area contributed by atoms with E-state index < -0.39 is 10.0 Å². The van der Waals surface area contributed by atoms with Crippen LogP contribution in [0.5, 0.6) is 0 Å². The Morgan fingerprint density at radius 2 is 2.16 bits per heavy atom. The zero-order chi connectivity index (χ0) is 13.2. The van der Waals surface area contributed by atoms with Gasteiger partial charge in [0.05, 0.1) is 4.90 Å². The Morgan fingerprint density at radius 3 is 2.74 bits per heavy atom. The third-order valence-electron chi connectivity index (χ3n) is 3.06. The van der Waals surface area contributed by atoms with E-state index in [0.29, 0.717) is 11.4 Å². The van der Waals surface area contributed by atoms with Gasteiger partial charge in [-0.25, -0.2) is 13.1 Å². The molecule has 0 bridgehead atoms. The number of piperidine rings is 1. The molecule has 108 valence electrons. The van der Waals surface area contributed by atoms with E-state index in [4.69, 9.17) is 0 Å². The Labute approximate surface area is 128 Å². The highest BCUT2D eigenvalue weighted by Gasteiger charge is 2.21. The maximum atomic E-state index is 12.2. The van der Waals surface area contributed by atoms with Gasteiger partial charge >= 0.3 is 0 Å². The zero-order valence-corrected chi connectivity index (χ0v) is 13.9. The van der Waals surface area contributed by atoms with Crippen molar-refractivity contribution < 1.29 is 8.42 Å². The maximum Gasteiger partial charge on any atom is 0.240 e. The lowest BCUT2D eigenvalue weighted by atomic mass is 10.1. The molecule has 0 unspecified atom stereocenters. The SMILES string of the molecule is Cc1cc(S(=O)(=O)N[C@@H]2CCCNC2)ccc1Br.Cl. The quantitative estimate of drug-likeness (QED) is 0.859. The third kappa shape index (κ3) is 4.43. The monoisotopic (exact) mass is 368 g/mol. The molecule has 0 saturated carbocycles. The second kappa shape index (κ2) is 7.04. The van der Waals surface area contributed by atoms with Crippen molar-refractivity contribution in [1.82, 2.24) is 10.0 Å². The zero-order valence-electron chi connectivity index (χ0n) is 10.6. The average molecular weight is 370 g/mol. The van der Waals surface area contributed by atoms with Gasteiger partial charge in [-0.1, -0.05) is 15.9 Å². The first-order chi connectivity index (χ1) is 8.49. The van der Waals surface area contributed by atoms with Crippen LogP contribution in [0.15, 0.2) is 27.6 Å². The summed E-state index contributed by atoms with van der Waals surface area (Å²) < 4.78 is 28.1. The fraction of sp³-hybridized carbons (Fsp3) is 0.500. The molecule has 2 rings (SSSR count). The van der Waals surface area contributed by atoms with Crippen LogP contribution in [0.1, 0.15) is 18.4 Å². The van der Waals surface area contributed by atoms with Gasteiger partial charge in [0.1, 0.15) is 0 Å². The van der Waals surface area contributed by atoms with Crippen LogP contribution < -0.4 is 10.0 Å². The van der Waals surface area contributed by atoms with Crippen molar-refractivity contribution in [3.63, 3.8) is 0 Å².